The van der Waals surface area contributed by atoms with E-state index in [0.717, 1.165) is 55.8 Å². The largest absolute Gasteiger partial charge is 0.489 e. The number of piperazine rings is 1. The molecule has 2 aliphatic heterocycles. The predicted molar refractivity (Wildman–Crippen MR) is 161 cm³/mol. The maximum absolute atomic E-state index is 13.8. The number of carboxylic acid groups (broad SMARTS) is 1. The SMILES string of the molecule is CCCCN1C(=O)[C@H](CC2CCCCC2)NC(=O)C12CCN(Cc1ccc(OCc3cccc(C(=O)O)c3)cc1)CC2. The second-order valence-corrected chi connectivity index (χ2v) is 12.4. The van der Waals surface area contributed by atoms with E-state index in [1.54, 1.807) is 18.2 Å². The van der Waals surface area contributed by atoms with Gasteiger partial charge in [0.25, 0.3) is 0 Å². The zero-order valence-corrected chi connectivity index (χ0v) is 24.9. The highest BCUT2D eigenvalue weighted by atomic mass is 16.5. The third kappa shape index (κ3) is 6.97. The van der Waals surface area contributed by atoms with E-state index in [2.05, 4.69) is 17.1 Å². The Labute approximate surface area is 249 Å². The first kappa shape index (κ1) is 30.1. The number of carbonyl (C=O) groups is 3. The van der Waals surface area contributed by atoms with Gasteiger partial charge in [-0.15, -0.1) is 0 Å². The van der Waals surface area contributed by atoms with Crippen LogP contribution in [0.3, 0.4) is 0 Å². The number of likely N-dealkylation sites (tertiary alicyclic amines) is 1. The highest BCUT2D eigenvalue weighted by Gasteiger charge is 2.53. The monoisotopic (exact) mass is 575 g/mol. The standard InChI is InChI=1S/C34H45N3O5/c1-2-3-18-37-31(38)30(22-25-8-5-4-6-9-25)35-33(41)34(37)16-19-36(20-17-34)23-26-12-14-29(15-13-26)42-24-27-10-7-11-28(21-27)32(39)40/h7,10-15,21,25,30H,2-6,8-9,16-20,22-24H2,1H3,(H,35,41)(H,39,40)/t30-/m0/s1. The molecule has 2 N–H and O–H groups in total. The van der Waals surface area contributed by atoms with Crippen LogP contribution in [-0.2, 0) is 22.7 Å². The second kappa shape index (κ2) is 13.7. The number of unbranched alkanes of at least 4 members (excludes halogenated alkanes) is 1. The number of rotatable bonds is 11. The molecule has 1 aliphatic carbocycles. The lowest BCUT2D eigenvalue weighted by atomic mass is 9.79. The smallest absolute Gasteiger partial charge is 0.335 e. The average Bonchev–Trinajstić information content (AvgIpc) is 3.01. The van der Waals surface area contributed by atoms with Crippen LogP contribution >= 0.6 is 0 Å². The molecule has 0 unspecified atom stereocenters. The van der Waals surface area contributed by atoms with Crippen molar-refractivity contribution >= 4 is 17.8 Å². The Kier molecular flexibility index (Phi) is 9.83. The number of ether oxygens (including phenoxy) is 1. The van der Waals surface area contributed by atoms with Gasteiger partial charge in [-0.1, -0.05) is 69.7 Å². The van der Waals surface area contributed by atoms with Gasteiger partial charge in [0.1, 0.15) is 23.9 Å². The van der Waals surface area contributed by atoms with Crippen LogP contribution in [0.2, 0.25) is 0 Å². The van der Waals surface area contributed by atoms with Crippen molar-refractivity contribution in [3.63, 3.8) is 0 Å². The molecule has 2 saturated heterocycles. The zero-order chi connectivity index (χ0) is 29.5. The number of amides is 2. The predicted octanol–water partition coefficient (Wildman–Crippen LogP) is 5.40. The van der Waals surface area contributed by atoms with Crippen LogP contribution in [0.25, 0.3) is 0 Å². The lowest BCUT2D eigenvalue weighted by Crippen LogP contribution is -2.73. The molecular weight excluding hydrogens is 530 g/mol. The Morgan fingerprint density at radius 1 is 1.02 bits per heavy atom. The van der Waals surface area contributed by atoms with Crippen molar-refractivity contribution in [3.05, 3.63) is 65.2 Å². The molecule has 8 nitrogen and oxygen atoms in total. The number of carboxylic acids is 1. The van der Waals surface area contributed by atoms with Gasteiger partial charge in [-0.25, -0.2) is 4.79 Å². The number of benzene rings is 2. The van der Waals surface area contributed by atoms with Gasteiger partial charge in [0, 0.05) is 26.2 Å². The fourth-order valence-corrected chi connectivity index (χ4v) is 6.92. The van der Waals surface area contributed by atoms with Gasteiger partial charge in [-0.3, -0.25) is 14.5 Å². The van der Waals surface area contributed by atoms with Crippen LogP contribution in [0, 0.1) is 5.92 Å². The van der Waals surface area contributed by atoms with Gasteiger partial charge in [0.15, 0.2) is 0 Å². The molecule has 2 amide bonds. The molecule has 1 saturated carbocycles. The minimum atomic E-state index is -0.951. The van der Waals surface area contributed by atoms with Crippen molar-refractivity contribution < 1.29 is 24.2 Å². The molecule has 0 radical (unpaired) electrons. The molecule has 3 fully saturated rings. The molecular formula is C34H45N3O5. The molecule has 2 heterocycles. The summed E-state index contributed by atoms with van der Waals surface area (Å²) in [5.41, 5.74) is 1.48. The molecule has 226 valence electrons. The van der Waals surface area contributed by atoms with E-state index in [1.807, 2.05) is 35.2 Å². The van der Waals surface area contributed by atoms with Crippen molar-refractivity contribution in [2.75, 3.05) is 19.6 Å². The van der Waals surface area contributed by atoms with Crippen LogP contribution in [-0.4, -0.2) is 63.9 Å². The highest BCUT2D eigenvalue weighted by Crippen LogP contribution is 2.36. The maximum Gasteiger partial charge on any atom is 0.335 e. The Morgan fingerprint density at radius 2 is 1.76 bits per heavy atom. The summed E-state index contributed by atoms with van der Waals surface area (Å²) >= 11 is 0. The molecule has 1 atom stereocenters. The van der Waals surface area contributed by atoms with E-state index in [0.29, 0.717) is 31.9 Å². The van der Waals surface area contributed by atoms with E-state index >= 15 is 0 Å². The van der Waals surface area contributed by atoms with Gasteiger partial charge in [0.05, 0.1) is 5.56 Å². The quantitative estimate of drug-likeness (QED) is 0.373. The number of carbonyl (C=O) groups excluding carboxylic acids is 2. The van der Waals surface area contributed by atoms with Gasteiger partial charge in [0.2, 0.25) is 11.8 Å². The molecule has 3 aliphatic rings. The molecule has 8 heteroatoms. The number of nitrogens with zero attached hydrogens (tertiary/aromatic N) is 2. The van der Waals surface area contributed by atoms with Gasteiger partial charge in [-0.2, -0.15) is 0 Å². The number of hydrogen-bond donors (Lipinski definition) is 2. The van der Waals surface area contributed by atoms with Crippen molar-refractivity contribution in [1.82, 2.24) is 15.1 Å². The second-order valence-electron chi connectivity index (χ2n) is 12.4. The lowest BCUT2D eigenvalue weighted by Gasteiger charge is -2.52. The Hall–Kier alpha value is -3.39. The Balaban J connectivity index is 1.16. The zero-order valence-electron chi connectivity index (χ0n) is 24.9. The van der Waals surface area contributed by atoms with Crippen molar-refractivity contribution in [3.8, 4) is 5.75 Å². The molecule has 0 bridgehead atoms. The minimum absolute atomic E-state index is 0.0501. The van der Waals surface area contributed by atoms with Crippen LogP contribution in [0.1, 0.15) is 92.6 Å². The van der Waals surface area contributed by atoms with Crippen LogP contribution in [0.5, 0.6) is 5.75 Å². The Bertz CT molecular complexity index is 1230. The molecule has 5 rings (SSSR count). The molecule has 2 aromatic carbocycles. The summed E-state index contributed by atoms with van der Waals surface area (Å²) in [7, 11) is 0. The highest BCUT2D eigenvalue weighted by molar-refractivity contribution is 6.00. The Morgan fingerprint density at radius 3 is 2.45 bits per heavy atom. The summed E-state index contributed by atoms with van der Waals surface area (Å²) in [5.74, 6) is 0.495. The fourth-order valence-electron chi connectivity index (χ4n) is 6.92. The first-order valence-electron chi connectivity index (χ1n) is 15.8. The number of piperidine rings is 1. The number of aromatic carboxylic acids is 1. The average molecular weight is 576 g/mol. The molecule has 1 spiro atoms. The van der Waals surface area contributed by atoms with E-state index < -0.39 is 11.5 Å². The van der Waals surface area contributed by atoms with Gasteiger partial charge in [-0.05, 0) is 67.0 Å². The summed E-state index contributed by atoms with van der Waals surface area (Å²) in [6.45, 7) is 5.38. The van der Waals surface area contributed by atoms with E-state index in [4.69, 9.17) is 4.74 Å². The van der Waals surface area contributed by atoms with Crippen LogP contribution in [0.4, 0.5) is 0 Å². The molecule has 2 aromatic rings. The topological polar surface area (TPSA) is 99.2 Å². The number of hydrogen-bond acceptors (Lipinski definition) is 5. The van der Waals surface area contributed by atoms with E-state index in [9.17, 15) is 19.5 Å². The first-order chi connectivity index (χ1) is 20.4. The van der Waals surface area contributed by atoms with Crippen molar-refractivity contribution in [2.24, 2.45) is 5.92 Å². The van der Waals surface area contributed by atoms with Crippen molar-refractivity contribution in [2.45, 2.75) is 95.9 Å². The summed E-state index contributed by atoms with van der Waals surface area (Å²) in [6.07, 6.45) is 10.1. The van der Waals surface area contributed by atoms with Gasteiger partial charge < -0.3 is 20.1 Å². The lowest BCUT2D eigenvalue weighted by molar-refractivity contribution is -0.162. The summed E-state index contributed by atoms with van der Waals surface area (Å²) in [5, 5.41) is 12.4. The summed E-state index contributed by atoms with van der Waals surface area (Å²) in [4.78, 5) is 43.0. The molecule has 0 aromatic heterocycles. The van der Waals surface area contributed by atoms with Crippen LogP contribution in [0.15, 0.2) is 48.5 Å². The maximum atomic E-state index is 13.8. The third-order valence-corrected chi connectivity index (χ3v) is 9.43. The number of nitrogens with one attached hydrogen (secondary N) is 1. The minimum Gasteiger partial charge on any atom is -0.489 e. The first-order valence-corrected chi connectivity index (χ1v) is 15.8. The van der Waals surface area contributed by atoms with E-state index in [-0.39, 0.29) is 23.4 Å². The third-order valence-electron chi connectivity index (χ3n) is 9.43. The van der Waals surface area contributed by atoms with Gasteiger partial charge >= 0.3 is 5.97 Å². The van der Waals surface area contributed by atoms with Crippen LogP contribution < -0.4 is 10.1 Å². The normalized spacial score (nSPS) is 21.4. The van der Waals surface area contributed by atoms with E-state index in [1.165, 1.54) is 32.1 Å². The molecule has 42 heavy (non-hydrogen) atoms. The fraction of sp³-hybridized carbons (Fsp3) is 0.559. The summed E-state index contributed by atoms with van der Waals surface area (Å²) < 4.78 is 5.88. The summed E-state index contributed by atoms with van der Waals surface area (Å²) in [6, 6.07) is 14.4. The van der Waals surface area contributed by atoms with Crippen molar-refractivity contribution in [1.29, 1.82) is 0 Å².